The minimum absolute atomic E-state index is 0.0815. The second kappa shape index (κ2) is 8.68. The highest BCUT2D eigenvalue weighted by atomic mass is 32.2. The molecule has 2 aromatic carbocycles. The Bertz CT molecular complexity index is 1140. The maximum atomic E-state index is 12.7. The molecule has 9 heteroatoms. The molecular formula is C21H18N4O3S2. The number of nitrogens with zero attached hydrogens (tertiary/aromatic N) is 1. The van der Waals surface area contributed by atoms with Crippen LogP contribution in [0.15, 0.2) is 76.8 Å². The van der Waals surface area contributed by atoms with Crippen molar-refractivity contribution < 1.29 is 13.8 Å². The molecule has 2 atom stereocenters. The number of hydrogen-bond donors (Lipinski definition) is 3. The normalized spacial score (nSPS) is 16.2. The van der Waals surface area contributed by atoms with Gasteiger partial charge in [-0.1, -0.05) is 6.07 Å². The topological polar surface area (TPSA) is 100 Å². The van der Waals surface area contributed by atoms with Gasteiger partial charge in [0.25, 0.3) is 5.91 Å². The number of anilines is 3. The number of hydrogen-bond acceptors (Lipinski definition) is 5. The number of carbonyl (C=O) groups excluding carboxylic acids is 2. The first-order chi connectivity index (χ1) is 14.5. The van der Waals surface area contributed by atoms with Crippen LogP contribution in [0.2, 0.25) is 0 Å². The van der Waals surface area contributed by atoms with Crippen LogP contribution in [0.5, 0.6) is 0 Å². The van der Waals surface area contributed by atoms with E-state index in [1.54, 1.807) is 60.9 Å². The van der Waals surface area contributed by atoms with Gasteiger partial charge in [0.15, 0.2) is 0 Å². The molecule has 0 saturated heterocycles. The Hall–Kier alpha value is -3.17. The van der Waals surface area contributed by atoms with Gasteiger partial charge in [0.2, 0.25) is 5.91 Å². The summed E-state index contributed by atoms with van der Waals surface area (Å²) in [5, 5.41) is 5.47. The summed E-state index contributed by atoms with van der Waals surface area (Å²) in [6.45, 7) is 1.84. The molecule has 0 fully saturated rings. The number of thioether (sulfide) groups is 1. The van der Waals surface area contributed by atoms with Crippen molar-refractivity contribution in [3.05, 3.63) is 72.6 Å². The van der Waals surface area contributed by atoms with Gasteiger partial charge in [-0.25, -0.2) is 4.21 Å². The summed E-state index contributed by atoms with van der Waals surface area (Å²) >= 11 is 1.46. The molecule has 0 bridgehead atoms. The average molecular weight is 439 g/mol. The highest BCUT2D eigenvalue weighted by Crippen LogP contribution is 2.36. The van der Waals surface area contributed by atoms with Gasteiger partial charge >= 0.3 is 0 Å². The third-order valence-electron chi connectivity index (χ3n) is 4.37. The number of benzene rings is 2. The lowest BCUT2D eigenvalue weighted by atomic mass is 10.1. The molecule has 1 aromatic heterocycles. The van der Waals surface area contributed by atoms with Gasteiger partial charge in [0.1, 0.15) is 11.0 Å². The lowest BCUT2D eigenvalue weighted by Crippen LogP contribution is -2.26. The predicted octanol–water partition coefficient (Wildman–Crippen LogP) is 3.90. The van der Waals surface area contributed by atoms with Crippen molar-refractivity contribution in [2.24, 2.45) is 0 Å². The molecule has 152 valence electrons. The number of aromatic nitrogens is 1. The van der Waals surface area contributed by atoms with E-state index in [9.17, 15) is 13.8 Å². The van der Waals surface area contributed by atoms with Crippen molar-refractivity contribution in [1.29, 1.82) is 0 Å². The summed E-state index contributed by atoms with van der Waals surface area (Å²) in [5.74, 6) is -0.400. The second-order valence-electron chi connectivity index (χ2n) is 6.55. The van der Waals surface area contributed by atoms with Crippen molar-refractivity contribution in [3.63, 3.8) is 0 Å². The number of amides is 2. The van der Waals surface area contributed by atoms with E-state index in [1.165, 1.54) is 11.8 Å². The standard InChI is InChI=1S/C21H18N4O3S2/c1-13-20(26)24-18-11-14(5-6-19(18)29-13)21(27)23-16-3-2-4-17(12-16)30(28)25-15-7-9-22-10-8-15/h2-13H,1H3,(H,22,25)(H,23,27)(H,24,26). The van der Waals surface area contributed by atoms with Crippen LogP contribution in [-0.4, -0.2) is 26.3 Å². The van der Waals surface area contributed by atoms with Gasteiger partial charge in [-0.3, -0.25) is 14.6 Å². The third kappa shape index (κ3) is 4.52. The Morgan fingerprint density at radius 2 is 1.90 bits per heavy atom. The maximum absolute atomic E-state index is 12.7. The van der Waals surface area contributed by atoms with Crippen LogP contribution in [0.3, 0.4) is 0 Å². The van der Waals surface area contributed by atoms with Gasteiger partial charge in [-0.05, 0) is 55.5 Å². The second-order valence-corrected chi connectivity index (χ2v) is 9.14. The quantitative estimate of drug-likeness (QED) is 0.561. The molecule has 4 rings (SSSR count). The van der Waals surface area contributed by atoms with Crippen LogP contribution in [0.25, 0.3) is 0 Å². The summed E-state index contributed by atoms with van der Waals surface area (Å²) in [4.78, 5) is 30.0. The first-order valence-electron chi connectivity index (χ1n) is 9.11. The monoisotopic (exact) mass is 438 g/mol. The fraction of sp³-hybridized carbons (Fsp3) is 0.0952. The summed E-state index contributed by atoms with van der Waals surface area (Å²) < 4.78 is 15.5. The molecule has 7 nitrogen and oxygen atoms in total. The molecular weight excluding hydrogens is 420 g/mol. The SMILES string of the molecule is CC1Sc2ccc(C(=O)Nc3cccc(S(=O)Nc4ccncc4)c3)cc2NC1=O. The maximum Gasteiger partial charge on any atom is 0.255 e. The molecule has 2 heterocycles. The Morgan fingerprint density at radius 1 is 1.10 bits per heavy atom. The summed E-state index contributed by atoms with van der Waals surface area (Å²) in [6, 6.07) is 15.5. The number of fused-ring (bicyclic) bond motifs is 1. The Labute approximate surface area is 180 Å². The zero-order chi connectivity index (χ0) is 21.1. The average Bonchev–Trinajstić information content (AvgIpc) is 2.75. The fourth-order valence-corrected chi connectivity index (χ4v) is 4.66. The van der Waals surface area contributed by atoms with Gasteiger partial charge in [0.05, 0.1) is 15.8 Å². The molecule has 30 heavy (non-hydrogen) atoms. The first kappa shape index (κ1) is 20.1. The summed E-state index contributed by atoms with van der Waals surface area (Å²) in [7, 11) is -1.49. The van der Waals surface area contributed by atoms with Crippen LogP contribution in [-0.2, 0) is 15.8 Å². The fourth-order valence-electron chi connectivity index (χ4n) is 2.83. The number of rotatable bonds is 5. The van der Waals surface area contributed by atoms with Gasteiger partial charge in [-0.2, -0.15) is 0 Å². The molecule has 1 aliphatic rings. The zero-order valence-corrected chi connectivity index (χ0v) is 17.5. The van der Waals surface area contributed by atoms with Crippen molar-refractivity contribution >= 4 is 51.6 Å². The minimum Gasteiger partial charge on any atom is -0.324 e. The van der Waals surface area contributed by atoms with E-state index in [0.29, 0.717) is 27.5 Å². The van der Waals surface area contributed by atoms with Crippen LogP contribution in [0.4, 0.5) is 17.1 Å². The lowest BCUT2D eigenvalue weighted by molar-refractivity contribution is -0.115. The molecule has 0 aliphatic carbocycles. The van der Waals surface area contributed by atoms with Crippen LogP contribution in [0, 0.1) is 0 Å². The third-order valence-corrected chi connectivity index (χ3v) is 6.65. The highest BCUT2D eigenvalue weighted by Gasteiger charge is 2.23. The largest absolute Gasteiger partial charge is 0.324 e. The number of pyridine rings is 1. The summed E-state index contributed by atoms with van der Waals surface area (Å²) in [5.41, 5.74) is 2.26. The molecule has 0 radical (unpaired) electrons. The molecule has 0 saturated carbocycles. The van der Waals surface area contributed by atoms with E-state index in [2.05, 4.69) is 20.3 Å². The molecule has 2 unspecified atom stereocenters. The summed E-state index contributed by atoms with van der Waals surface area (Å²) in [6.07, 6.45) is 3.21. The zero-order valence-electron chi connectivity index (χ0n) is 15.9. The van der Waals surface area contributed by atoms with Crippen molar-refractivity contribution in [2.45, 2.75) is 22.0 Å². The van der Waals surface area contributed by atoms with Crippen LogP contribution in [0.1, 0.15) is 17.3 Å². The van der Waals surface area contributed by atoms with E-state index in [0.717, 1.165) is 4.90 Å². The number of nitrogens with one attached hydrogen (secondary N) is 3. The van der Waals surface area contributed by atoms with Crippen molar-refractivity contribution in [3.8, 4) is 0 Å². The Morgan fingerprint density at radius 3 is 2.70 bits per heavy atom. The van der Waals surface area contributed by atoms with Gasteiger partial charge in [0, 0.05) is 34.2 Å². The molecule has 0 spiro atoms. The van der Waals surface area contributed by atoms with Crippen LogP contribution >= 0.6 is 11.8 Å². The predicted molar refractivity (Wildman–Crippen MR) is 119 cm³/mol. The van der Waals surface area contributed by atoms with Crippen molar-refractivity contribution in [2.75, 3.05) is 15.4 Å². The van der Waals surface area contributed by atoms with Crippen molar-refractivity contribution in [1.82, 2.24) is 4.98 Å². The van der Waals surface area contributed by atoms with E-state index in [-0.39, 0.29) is 17.1 Å². The van der Waals surface area contributed by atoms with E-state index >= 15 is 0 Å². The van der Waals surface area contributed by atoms with Gasteiger partial charge < -0.3 is 15.4 Å². The molecule has 3 aromatic rings. The van der Waals surface area contributed by atoms with Gasteiger partial charge in [-0.15, -0.1) is 11.8 Å². The highest BCUT2D eigenvalue weighted by molar-refractivity contribution is 8.01. The first-order valence-corrected chi connectivity index (χ1v) is 11.1. The number of carbonyl (C=O) groups is 2. The molecule has 1 aliphatic heterocycles. The lowest BCUT2D eigenvalue weighted by Gasteiger charge is -2.21. The Kier molecular flexibility index (Phi) is 5.82. The smallest absolute Gasteiger partial charge is 0.255 e. The van der Waals surface area contributed by atoms with E-state index < -0.39 is 11.0 Å². The molecule has 3 N–H and O–H groups in total. The van der Waals surface area contributed by atoms with E-state index in [1.807, 2.05) is 13.0 Å². The Balaban J connectivity index is 1.48. The van der Waals surface area contributed by atoms with E-state index in [4.69, 9.17) is 0 Å². The minimum atomic E-state index is -1.49. The molecule has 2 amide bonds. The van der Waals surface area contributed by atoms with Crippen LogP contribution < -0.4 is 15.4 Å².